The monoisotopic (exact) mass is 314 g/mol. The van der Waals surface area contributed by atoms with Gasteiger partial charge in [-0.15, -0.1) is 0 Å². The van der Waals surface area contributed by atoms with E-state index < -0.39 is 5.60 Å². The number of hydrogen-bond acceptors (Lipinski definition) is 2. The van der Waals surface area contributed by atoms with E-state index in [9.17, 15) is 5.11 Å². The molecule has 0 aliphatic heterocycles. The van der Waals surface area contributed by atoms with E-state index >= 15 is 0 Å². The van der Waals surface area contributed by atoms with Crippen LogP contribution >= 0.6 is 0 Å². The highest BCUT2D eigenvalue weighted by Gasteiger charge is 2.19. The molecule has 24 heavy (non-hydrogen) atoms. The van der Waals surface area contributed by atoms with Gasteiger partial charge in [0.05, 0.1) is 0 Å². The Kier molecular flexibility index (Phi) is 4.65. The molecule has 0 radical (unpaired) electrons. The Hall–Kier alpha value is -3.02. The molecule has 0 bridgehead atoms. The molecule has 3 rings (SSSR count). The van der Waals surface area contributed by atoms with Crippen LogP contribution in [0.4, 0.5) is 0 Å². The van der Waals surface area contributed by atoms with Crippen LogP contribution in [0, 0.1) is 11.8 Å². The minimum Gasteiger partial charge on any atom is -0.457 e. The van der Waals surface area contributed by atoms with Crippen molar-refractivity contribution in [2.24, 2.45) is 0 Å². The van der Waals surface area contributed by atoms with E-state index in [4.69, 9.17) is 4.74 Å². The summed E-state index contributed by atoms with van der Waals surface area (Å²) in [6.07, 6.45) is 0. The van der Waals surface area contributed by atoms with Crippen LogP contribution < -0.4 is 4.74 Å². The zero-order valence-electron chi connectivity index (χ0n) is 13.4. The van der Waals surface area contributed by atoms with Crippen molar-refractivity contribution < 1.29 is 9.84 Å². The molecule has 0 spiro atoms. The molecule has 0 amide bonds. The van der Waals surface area contributed by atoms with Crippen molar-refractivity contribution >= 4 is 0 Å². The van der Waals surface area contributed by atoms with Crippen molar-refractivity contribution in [3.05, 3.63) is 96.1 Å². The number of ether oxygens (including phenoxy) is 1. The second-order valence-electron chi connectivity index (χ2n) is 5.63. The highest BCUT2D eigenvalue weighted by Crippen LogP contribution is 2.25. The van der Waals surface area contributed by atoms with Crippen molar-refractivity contribution in [3.63, 3.8) is 0 Å². The normalized spacial score (nSPS) is 12.6. The van der Waals surface area contributed by atoms with Crippen LogP contribution in [0.2, 0.25) is 0 Å². The number of hydrogen-bond donors (Lipinski definition) is 1. The van der Waals surface area contributed by atoms with Gasteiger partial charge in [0.1, 0.15) is 17.1 Å². The Morgan fingerprint density at radius 3 is 1.92 bits per heavy atom. The summed E-state index contributed by atoms with van der Waals surface area (Å²) in [4.78, 5) is 0. The van der Waals surface area contributed by atoms with E-state index in [0.29, 0.717) is 0 Å². The van der Waals surface area contributed by atoms with E-state index in [1.165, 1.54) is 0 Å². The molecular weight excluding hydrogens is 296 g/mol. The average molecular weight is 314 g/mol. The summed E-state index contributed by atoms with van der Waals surface area (Å²) in [5.74, 6) is 7.43. The third-order valence-corrected chi connectivity index (χ3v) is 3.62. The molecule has 0 saturated carbocycles. The lowest BCUT2D eigenvalue weighted by Crippen LogP contribution is -2.18. The molecule has 2 heteroatoms. The molecule has 0 heterocycles. The maximum Gasteiger partial charge on any atom is 0.148 e. The van der Waals surface area contributed by atoms with Crippen LogP contribution in [-0.2, 0) is 5.60 Å². The maximum atomic E-state index is 10.6. The van der Waals surface area contributed by atoms with Gasteiger partial charge in [-0.2, -0.15) is 0 Å². The van der Waals surface area contributed by atoms with E-state index in [-0.39, 0.29) is 0 Å². The van der Waals surface area contributed by atoms with E-state index in [0.717, 1.165) is 22.6 Å². The largest absolute Gasteiger partial charge is 0.457 e. The van der Waals surface area contributed by atoms with Crippen molar-refractivity contribution in [2.75, 3.05) is 0 Å². The van der Waals surface area contributed by atoms with Crippen LogP contribution in [0.5, 0.6) is 11.5 Å². The van der Waals surface area contributed by atoms with Gasteiger partial charge in [0, 0.05) is 5.56 Å². The van der Waals surface area contributed by atoms with Crippen molar-refractivity contribution in [1.29, 1.82) is 0 Å². The Bertz CT molecular complexity index is 839. The Balaban J connectivity index is 1.76. The molecule has 1 atom stereocenters. The Morgan fingerprint density at radius 1 is 0.750 bits per heavy atom. The second-order valence-corrected chi connectivity index (χ2v) is 5.63. The minimum absolute atomic E-state index is 0.719. The van der Waals surface area contributed by atoms with Crippen molar-refractivity contribution in [1.82, 2.24) is 0 Å². The van der Waals surface area contributed by atoms with Gasteiger partial charge in [0.15, 0.2) is 0 Å². The number of rotatable bonds is 3. The van der Waals surface area contributed by atoms with Crippen LogP contribution in [0.3, 0.4) is 0 Å². The molecule has 118 valence electrons. The SMILES string of the molecule is CC(O)(C#Cc1ccccc1)c1ccc(Oc2ccccc2)cc1. The molecule has 3 aromatic carbocycles. The first-order chi connectivity index (χ1) is 11.6. The van der Waals surface area contributed by atoms with Gasteiger partial charge in [-0.3, -0.25) is 0 Å². The van der Waals surface area contributed by atoms with Gasteiger partial charge >= 0.3 is 0 Å². The first kappa shape index (κ1) is 15.9. The fourth-order valence-corrected chi connectivity index (χ4v) is 2.26. The number of para-hydroxylation sites is 1. The van der Waals surface area contributed by atoms with E-state index in [2.05, 4.69) is 11.8 Å². The van der Waals surface area contributed by atoms with Crippen molar-refractivity contribution in [2.45, 2.75) is 12.5 Å². The molecule has 1 N–H and O–H groups in total. The van der Waals surface area contributed by atoms with Crippen LogP contribution in [0.25, 0.3) is 0 Å². The summed E-state index contributed by atoms with van der Waals surface area (Å²) in [6.45, 7) is 1.69. The van der Waals surface area contributed by atoms with Crippen LogP contribution in [0.15, 0.2) is 84.9 Å². The standard InChI is InChI=1S/C22H18O2/c1-22(23,17-16-18-8-4-2-5-9-18)19-12-14-21(15-13-19)24-20-10-6-3-7-11-20/h2-15,23H,1H3. The predicted molar refractivity (Wildman–Crippen MR) is 95.8 cm³/mol. The lowest BCUT2D eigenvalue weighted by atomic mass is 9.96. The molecule has 0 aromatic heterocycles. The fraction of sp³-hybridized carbons (Fsp3) is 0.0909. The Labute approximate surface area is 142 Å². The lowest BCUT2D eigenvalue weighted by molar-refractivity contribution is 0.122. The highest BCUT2D eigenvalue weighted by molar-refractivity contribution is 5.41. The summed E-state index contributed by atoms with van der Waals surface area (Å²) < 4.78 is 5.76. The number of aliphatic hydroxyl groups is 1. The zero-order valence-corrected chi connectivity index (χ0v) is 13.4. The third kappa shape index (κ3) is 4.04. The van der Waals surface area contributed by atoms with E-state index in [1.54, 1.807) is 6.92 Å². The van der Waals surface area contributed by atoms with Gasteiger partial charge in [-0.1, -0.05) is 60.4 Å². The second kappa shape index (κ2) is 7.04. The smallest absolute Gasteiger partial charge is 0.148 e. The Morgan fingerprint density at radius 2 is 1.29 bits per heavy atom. The van der Waals surface area contributed by atoms with Gasteiger partial charge in [0.2, 0.25) is 0 Å². The first-order valence-electron chi connectivity index (χ1n) is 7.77. The van der Waals surface area contributed by atoms with Crippen LogP contribution in [-0.4, -0.2) is 5.11 Å². The van der Waals surface area contributed by atoms with Gasteiger partial charge in [0.25, 0.3) is 0 Å². The summed E-state index contributed by atoms with van der Waals surface area (Å²) >= 11 is 0. The van der Waals surface area contributed by atoms with E-state index in [1.807, 2.05) is 84.9 Å². The van der Waals surface area contributed by atoms with Gasteiger partial charge < -0.3 is 9.84 Å². The zero-order chi connectivity index (χ0) is 16.8. The molecule has 0 fully saturated rings. The summed E-state index contributed by atoms with van der Waals surface area (Å²) in [7, 11) is 0. The molecule has 0 aliphatic rings. The van der Waals surface area contributed by atoms with Crippen molar-refractivity contribution in [3.8, 4) is 23.3 Å². The molecule has 2 nitrogen and oxygen atoms in total. The van der Waals surface area contributed by atoms with Gasteiger partial charge in [-0.05, 0) is 48.9 Å². The maximum absolute atomic E-state index is 10.6. The lowest BCUT2D eigenvalue weighted by Gasteiger charge is -2.17. The summed E-state index contributed by atoms with van der Waals surface area (Å²) in [5.41, 5.74) is 0.384. The average Bonchev–Trinajstić information content (AvgIpc) is 2.62. The first-order valence-corrected chi connectivity index (χ1v) is 7.77. The summed E-state index contributed by atoms with van der Waals surface area (Å²) in [5, 5.41) is 10.6. The third-order valence-electron chi connectivity index (χ3n) is 3.62. The van der Waals surface area contributed by atoms with Crippen LogP contribution in [0.1, 0.15) is 18.1 Å². The molecular formula is C22H18O2. The van der Waals surface area contributed by atoms with Gasteiger partial charge in [-0.25, -0.2) is 0 Å². The molecule has 0 aliphatic carbocycles. The molecule has 3 aromatic rings. The highest BCUT2D eigenvalue weighted by atomic mass is 16.5. The molecule has 0 saturated heterocycles. The molecule has 1 unspecified atom stereocenters. The quantitative estimate of drug-likeness (QED) is 0.708. The minimum atomic E-state index is -1.22. The number of benzene rings is 3. The predicted octanol–water partition coefficient (Wildman–Crippen LogP) is 4.74. The topological polar surface area (TPSA) is 29.5 Å². The fourth-order valence-electron chi connectivity index (χ4n) is 2.26. The summed E-state index contributed by atoms with van der Waals surface area (Å²) in [6, 6.07) is 26.5.